The SMILES string of the molecule is C[C@@]12C(=O)N(/N=C/c3ccc(Cl)cc3)CC(=O)N1CCc1c2[nH]c2ccccc12. The number of amides is 2. The van der Waals surface area contributed by atoms with Gasteiger partial charge in [-0.25, -0.2) is 5.01 Å². The number of carbonyl (C=O) groups excluding carboxylic acids is 2. The van der Waals surface area contributed by atoms with Gasteiger partial charge in [-0.1, -0.05) is 41.9 Å². The molecule has 2 aromatic carbocycles. The van der Waals surface area contributed by atoms with E-state index in [-0.39, 0.29) is 18.4 Å². The predicted octanol–water partition coefficient (Wildman–Crippen LogP) is 3.30. The lowest BCUT2D eigenvalue weighted by atomic mass is 9.83. The zero-order chi connectivity index (χ0) is 20.2. The molecular weight excluding hydrogens is 388 g/mol. The molecule has 2 amide bonds. The summed E-state index contributed by atoms with van der Waals surface area (Å²) >= 11 is 5.92. The number of fused-ring (bicyclic) bond motifs is 5. The maximum absolute atomic E-state index is 13.5. The van der Waals surface area contributed by atoms with Crippen LogP contribution in [0.4, 0.5) is 0 Å². The number of hydrazone groups is 1. The van der Waals surface area contributed by atoms with Crippen LogP contribution in [0.15, 0.2) is 53.6 Å². The van der Waals surface area contributed by atoms with E-state index in [1.54, 1.807) is 23.2 Å². The molecule has 0 spiro atoms. The van der Waals surface area contributed by atoms with Gasteiger partial charge in [0.05, 0.1) is 11.9 Å². The fraction of sp³-hybridized carbons (Fsp3) is 0.227. The molecule has 1 saturated heterocycles. The normalized spacial score (nSPS) is 21.7. The van der Waals surface area contributed by atoms with E-state index in [1.807, 2.05) is 37.3 Å². The van der Waals surface area contributed by atoms with Gasteiger partial charge in [-0.3, -0.25) is 9.59 Å². The third-order valence-electron chi connectivity index (χ3n) is 5.88. The van der Waals surface area contributed by atoms with E-state index in [2.05, 4.69) is 16.2 Å². The first kappa shape index (κ1) is 17.9. The molecular formula is C22H19ClN4O2. The highest BCUT2D eigenvalue weighted by atomic mass is 35.5. The maximum Gasteiger partial charge on any atom is 0.275 e. The van der Waals surface area contributed by atoms with Crippen LogP contribution in [0.25, 0.3) is 10.9 Å². The number of rotatable bonds is 2. The number of aromatic nitrogens is 1. The molecule has 1 N–H and O–H groups in total. The van der Waals surface area contributed by atoms with Gasteiger partial charge in [-0.15, -0.1) is 0 Å². The number of carbonyl (C=O) groups is 2. The van der Waals surface area contributed by atoms with Crippen molar-refractivity contribution in [1.29, 1.82) is 0 Å². The van der Waals surface area contributed by atoms with Crippen LogP contribution in [0.5, 0.6) is 0 Å². The van der Waals surface area contributed by atoms with Crippen molar-refractivity contribution in [3.63, 3.8) is 0 Å². The molecule has 6 nitrogen and oxygen atoms in total. The van der Waals surface area contributed by atoms with Crippen molar-refractivity contribution in [1.82, 2.24) is 14.9 Å². The van der Waals surface area contributed by atoms with Gasteiger partial charge in [0.15, 0.2) is 5.54 Å². The first-order valence-electron chi connectivity index (χ1n) is 9.50. The van der Waals surface area contributed by atoms with E-state index in [0.717, 1.165) is 34.1 Å². The van der Waals surface area contributed by atoms with Crippen LogP contribution >= 0.6 is 11.6 Å². The Morgan fingerprint density at radius 3 is 2.69 bits per heavy atom. The molecule has 1 aromatic heterocycles. The molecule has 2 aliphatic heterocycles. The predicted molar refractivity (Wildman–Crippen MR) is 112 cm³/mol. The second kappa shape index (κ2) is 6.46. The Morgan fingerprint density at radius 2 is 1.90 bits per heavy atom. The number of para-hydroxylation sites is 1. The quantitative estimate of drug-likeness (QED) is 0.663. The lowest BCUT2D eigenvalue weighted by Gasteiger charge is -2.48. The number of benzene rings is 2. The number of piperazine rings is 1. The Balaban J connectivity index is 1.56. The maximum atomic E-state index is 13.5. The molecule has 2 aliphatic rings. The topological polar surface area (TPSA) is 68.8 Å². The average Bonchev–Trinajstić information content (AvgIpc) is 3.11. The zero-order valence-corrected chi connectivity index (χ0v) is 16.6. The molecule has 0 aliphatic carbocycles. The second-order valence-corrected chi connectivity index (χ2v) is 7.99. The molecule has 3 heterocycles. The van der Waals surface area contributed by atoms with E-state index in [1.165, 1.54) is 5.01 Å². The van der Waals surface area contributed by atoms with Crippen molar-refractivity contribution in [2.24, 2.45) is 5.10 Å². The highest BCUT2D eigenvalue weighted by molar-refractivity contribution is 6.30. The molecule has 5 rings (SSSR count). The van der Waals surface area contributed by atoms with Crippen LogP contribution in [0.1, 0.15) is 23.7 Å². The highest BCUT2D eigenvalue weighted by Gasteiger charge is 2.54. The summed E-state index contributed by atoms with van der Waals surface area (Å²) in [4.78, 5) is 31.5. The van der Waals surface area contributed by atoms with Crippen LogP contribution in [-0.4, -0.2) is 46.0 Å². The Morgan fingerprint density at radius 1 is 1.14 bits per heavy atom. The van der Waals surface area contributed by atoms with Gasteiger partial charge in [0, 0.05) is 22.5 Å². The number of hydrogen-bond donors (Lipinski definition) is 1. The number of halogens is 1. The van der Waals surface area contributed by atoms with Gasteiger partial charge in [-0.2, -0.15) is 5.10 Å². The summed E-state index contributed by atoms with van der Waals surface area (Å²) < 4.78 is 0. The van der Waals surface area contributed by atoms with E-state index in [4.69, 9.17) is 11.6 Å². The number of aromatic amines is 1. The van der Waals surface area contributed by atoms with E-state index in [0.29, 0.717) is 11.6 Å². The van der Waals surface area contributed by atoms with Crippen LogP contribution in [0, 0.1) is 0 Å². The molecule has 1 atom stereocenters. The first-order valence-corrected chi connectivity index (χ1v) is 9.88. The minimum atomic E-state index is -1.10. The number of nitrogens with one attached hydrogen (secondary N) is 1. The molecule has 7 heteroatoms. The summed E-state index contributed by atoms with van der Waals surface area (Å²) in [5.74, 6) is -0.320. The minimum absolute atomic E-state index is 0.0614. The van der Waals surface area contributed by atoms with Crippen molar-refractivity contribution < 1.29 is 9.59 Å². The summed E-state index contributed by atoms with van der Waals surface area (Å²) in [7, 11) is 0. The molecule has 29 heavy (non-hydrogen) atoms. The minimum Gasteiger partial charge on any atom is -0.356 e. The molecule has 3 aromatic rings. The Hall–Kier alpha value is -3.12. The average molecular weight is 407 g/mol. The summed E-state index contributed by atoms with van der Waals surface area (Å²) in [6.45, 7) is 2.27. The largest absolute Gasteiger partial charge is 0.356 e. The highest BCUT2D eigenvalue weighted by Crippen LogP contribution is 2.41. The first-order chi connectivity index (χ1) is 14.0. The van der Waals surface area contributed by atoms with Crippen molar-refractivity contribution in [3.05, 3.63) is 70.4 Å². The van der Waals surface area contributed by atoms with Gasteiger partial charge in [0.25, 0.3) is 5.91 Å². The standard InChI is InChI=1S/C22H19ClN4O2/c1-22-20-17(16-4-2-3-5-18(16)25-20)10-11-26(22)19(28)13-27(21(22)29)24-12-14-6-8-15(23)9-7-14/h2-9,12,25H,10-11,13H2,1H3/b24-12+/t22-/m1/s1. The molecule has 0 unspecified atom stereocenters. The van der Waals surface area contributed by atoms with Crippen LogP contribution in [0.2, 0.25) is 5.02 Å². The van der Waals surface area contributed by atoms with Gasteiger partial charge in [0.1, 0.15) is 6.54 Å². The van der Waals surface area contributed by atoms with Crippen molar-refractivity contribution in [2.45, 2.75) is 18.9 Å². The van der Waals surface area contributed by atoms with Crippen molar-refractivity contribution in [2.75, 3.05) is 13.1 Å². The number of H-pyrrole nitrogens is 1. The van der Waals surface area contributed by atoms with Crippen molar-refractivity contribution in [3.8, 4) is 0 Å². The number of hydrogen-bond acceptors (Lipinski definition) is 3. The summed E-state index contributed by atoms with van der Waals surface area (Å²) in [5.41, 5.74) is 2.57. The van der Waals surface area contributed by atoms with Crippen LogP contribution in [0.3, 0.4) is 0 Å². The van der Waals surface area contributed by atoms with Gasteiger partial charge in [-0.05, 0) is 42.7 Å². The van der Waals surface area contributed by atoms with E-state index in [9.17, 15) is 9.59 Å². The second-order valence-electron chi connectivity index (χ2n) is 7.55. The summed E-state index contributed by atoms with van der Waals surface area (Å²) in [6, 6.07) is 15.1. The molecule has 146 valence electrons. The molecule has 0 saturated carbocycles. The Labute approximate surface area is 172 Å². The zero-order valence-electron chi connectivity index (χ0n) is 15.9. The Kier molecular flexibility index (Phi) is 3.99. The fourth-order valence-electron chi connectivity index (χ4n) is 4.37. The van der Waals surface area contributed by atoms with Crippen LogP contribution in [-0.2, 0) is 21.5 Å². The molecule has 0 radical (unpaired) electrons. The van der Waals surface area contributed by atoms with Gasteiger partial charge >= 0.3 is 0 Å². The number of nitrogens with zero attached hydrogens (tertiary/aromatic N) is 3. The Bertz CT molecular complexity index is 1170. The molecule has 0 bridgehead atoms. The lowest BCUT2D eigenvalue weighted by molar-refractivity contribution is -0.165. The summed E-state index contributed by atoms with van der Waals surface area (Å²) in [5, 5.41) is 7.33. The van der Waals surface area contributed by atoms with Crippen LogP contribution < -0.4 is 0 Å². The van der Waals surface area contributed by atoms with E-state index >= 15 is 0 Å². The third kappa shape index (κ3) is 2.67. The fourth-order valence-corrected chi connectivity index (χ4v) is 4.49. The summed E-state index contributed by atoms with van der Waals surface area (Å²) in [6.07, 6.45) is 2.30. The van der Waals surface area contributed by atoms with Gasteiger partial charge < -0.3 is 9.88 Å². The van der Waals surface area contributed by atoms with Crippen molar-refractivity contribution >= 4 is 40.5 Å². The van der Waals surface area contributed by atoms with Gasteiger partial charge in [0.2, 0.25) is 5.91 Å². The smallest absolute Gasteiger partial charge is 0.275 e. The van der Waals surface area contributed by atoms with E-state index < -0.39 is 5.54 Å². The third-order valence-corrected chi connectivity index (χ3v) is 6.13. The molecule has 1 fully saturated rings. The lowest BCUT2D eigenvalue weighted by Crippen LogP contribution is -2.65. The monoisotopic (exact) mass is 406 g/mol.